The molecule has 4 nitrogen and oxygen atoms in total. The predicted octanol–water partition coefficient (Wildman–Crippen LogP) is 1.71. The molecule has 2 aliphatic carbocycles. The average molecular weight is 265 g/mol. The van der Waals surface area contributed by atoms with Gasteiger partial charge in [0.05, 0.1) is 18.4 Å². The van der Waals surface area contributed by atoms with Gasteiger partial charge < -0.3 is 5.11 Å². The van der Waals surface area contributed by atoms with Crippen molar-refractivity contribution in [3.05, 3.63) is 0 Å². The van der Waals surface area contributed by atoms with E-state index in [2.05, 4.69) is 0 Å². The van der Waals surface area contributed by atoms with Gasteiger partial charge in [0.1, 0.15) is 0 Å². The molecule has 2 amide bonds. The van der Waals surface area contributed by atoms with Crippen molar-refractivity contribution in [2.45, 2.75) is 51.4 Å². The molecule has 0 aromatic carbocycles. The molecule has 1 aliphatic heterocycles. The smallest absolute Gasteiger partial charge is 0.233 e. The number of likely N-dealkylation sites (tertiary alicyclic amines) is 1. The van der Waals surface area contributed by atoms with Crippen molar-refractivity contribution >= 4 is 11.8 Å². The maximum Gasteiger partial charge on any atom is 0.233 e. The summed E-state index contributed by atoms with van der Waals surface area (Å²) in [6.45, 7) is 0.549. The van der Waals surface area contributed by atoms with Gasteiger partial charge >= 0.3 is 0 Å². The van der Waals surface area contributed by atoms with Crippen molar-refractivity contribution in [1.82, 2.24) is 4.90 Å². The first-order valence-corrected chi connectivity index (χ1v) is 7.63. The number of amides is 2. The molecule has 3 rings (SSSR count). The quantitative estimate of drug-likeness (QED) is 0.790. The Morgan fingerprint density at radius 1 is 1.00 bits per heavy atom. The highest BCUT2D eigenvalue weighted by Gasteiger charge is 2.51. The van der Waals surface area contributed by atoms with Crippen LogP contribution in [0.1, 0.15) is 51.4 Å². The van der Waals surface area contributed by atoms with E-state index in [0.29, 0.717) is 6.54 Å². The van der Waals surface area contributed by atoms with Gasteiger partial charge in [0.15, 0.2) is 0 Å². The van der Waals surface area contributed by atoms with E-state index < -0.39 is 0 Å². The van der Waals surface area contributed by atoms with Crippen molar-refractivity contribution in [3.63, 3.8) is 0 Å². The Kier molecular flexibility index (Phi) is 3.37. The summed E-state index contributed by atoms with van der Waals surface area (Å²) in [6.07, 6.45) is 8.04. The van der Waals surface area contributed by atoms with Crippen LogP contribution < -0.4 is 0 Å². The first kappa shape index (κ1) is 13.1. The molecule has 2 unspecified atom stereocenters. The molecule has 0 spiro atoms. The lowest BCUT2D eigenvalue weighted by atomic mass is 9.74. The van der Waals surface area contributed by atoms with Gasteiger partial charge in [-0.15, -0.1) is 0 Å². The molecule has 0 radical (unpaired) electrons. The molecule has 106 valence electrons. The highest BCUT2D eigenvalue weighted by atomic mass is 16.3. The molecule has 1 saturated heterocycles. The Morgan fingerprint density at radius 3 is 2.11 bits per heavy atom. The fraction of sp³-hybridized carbons (Fsp3) is 0.867. The first-order valence-electron chi connectivity index (χ1n) is 7.63. The number of carbonyl (C=O) groups excluding carboxylic acids is 2. The van der Waals surface area contributed by atoms with E-state index in [9.17, 15) is 14.7 Å². The van der Waals surface area contributed by atoms with E-state index in [1.54, 1.807) is 0 Å². The SMILES string of the molecule is O=C1C2CCCC2C(=O)N1CC1(CO)CCCCC1. The summed E-state index contributed by atoms with van der Waals surface area (Å²) in [6, 6.07) is 0. The lowest BCUT2D eigenvalue weighted by Crippen LogP contribution is -2.44. The van der Waals surface area contributed by atoms with E-state index in [4.69, 9.17) is 0 Å². The lowest BCUT2D eigenvalue weighted by Gasteiger charge is -2.38. The maximum atomic E-state index is 12.4. The summed E-state index contributed by atoms with van der Waals surface area (Å²) in [7, 11) is 0. The van der Waals surface area contributed by atoms with Crippen molar-refractivity contribution in [2.24, 2.45) is 17.3 Å². The lowest BCUT2D eigenvalue weighted by molar-refractivity contribution is -0.143. The number of imide groups is 1. The molecular weight excluding hydrogens is 242 g/mol. The van der Waals surface area contributed by atoms with Crippen molar-refractivity contribution in [2.75, 3.05) is 13.2 Å². The summed E-state index contributed by atoms with van der Waals surface area (Å²) in [4.78, 5) is 26.2. The summed E-state index contributed by atoms with van der Waals surface area (Å²) < 4.78 is 0. The largest absolute Gasteiger partial charge is 0.396 e. The minimum absolute atomic E-state index is 0.0332. The molecule has 2 saturated carbocycles. The Hall–Kier alpha value is -0.900. The molecular formula is C15H23NO3. The van der Waals surface area contributed by atoms with Crippen molar-refractivity contribution < 1.29 is 14.7 Å². The number of hydrogen-bond acceptors (Lipinski definition) is 3. The third kappa shape index (κ3) is 2.10. The topological polar surface area (TPSA) is 57.6 Å². The van der Waals surface area contributed by atoms with Crippen LogP contribution in [-0.2, 0) is 9.59 Å². The zero-order valence-electron chi connectivity index (χ0n) is 11.4. The predicted molar refractivity (Wildman–Crippen MR) is 70.2 cm³/mol. The Bertz CT molecular complexity index is 365. The van der Waals surface area contributed by atoms with Gasteiger partial charge in [-0.2, -0.15) is 0 Å². The summed E-state index contributed by atoms with van der Waals surface area (Å²) in [5.74, 6) is -0.0320. The maximum absolute atomic E-state index is 12.4. The van der Waals surface area contributed by atoms with E-state index in [-0.39, 0.29) is 35.7 Å². The molecule has 19 heavy (non-hydrogen) atoms. The van der Waals surface area contributed by atoms with Crippen LogP contribution in [0.2, 0.25) is 0 Å². The zero-order valence-corrected chi connectivity index (χ0v) is 11.4. The van der Waals surface area contributed by atoms with Gasteiger partial charge in [-0.25, -0.2) is 0 Å². The van der Waals surface area contributed by atoms with Crippen molar-refractivity contribution in [1.29, 1.82) is 0 Å². The second-order valence-electron chi connectivity index (χ2n) is 6.63. The molecule has 1 heterocycles. The van der Waals surface area contributed by atoms with Gasteiger partial charge in [0.2, 0.25) is 11.8 Å². The number of aliphatic hydroxyl groups excluding tert-OH is 1. The third-order valence-corrected chi connectivity index (χ3v) is 5.43. The zero-order chi connectivity index (χ0) is 13.5. The van der Waals surface area contributed by atoms with Crippen LogP contribution in [0.4, 0.5) is 0 Å². The second-order valence-corrected chi connectivity index (χ2v) is 6.63. The molecule has 3 fully saturated rings. The van der Waals surface area contributed by atoms with Gasteiger partial charge in [0.25, 0.3) is 0 Å². The fourth-order valence-electron chi connectivity index (χ4n) is 4.22. The first-order chi connectivity index (χ1) is 9.17. The van der Waals surface area contributed by atoms with Gasteiger partial charge in [0, 0.05) is 12.0 Å². The monoisotopic (exact) mass is 265 g/mol. The molecule has 3 aliphatic rings. The van der Waals surface area contributed by atoms with Crippen molar-refractivity contribution in [3.8, 4) is 0 Å². The van der Waals surface area contributed by atoms with Crippen LogP contribution >= 0.6 is 0 Å². The summed E-state index contributed by atoms with van der Waals surface area (Å²) in [5, 5.41) is 9.73. The van der Waals surface area contributed by atoms with Gasteiger partial charge in [-0.3, -0.25) is 14.5 Å². The minimum atomic E-state index is -0.220. The molecule has 0 aromatic heterocycles. The van der Waals surface area contributed by atoms with E-state index in [0.717, 1.165) is 44.9 Å². The van der Waals surface area contributed by atoms with E-state index in [1.807, 2.05) is 0 Å². The van der Waals surface area contributed by atoms with Gasteiger partial charge in [-0.1, -0.05) is 25.7 Å². The highest BCUT2D eigenvalue weighted by Crippen LogP contribution is 2.43. The Morgan fingerprint density at radius 2 is 1.58 bits per heavy atom. The van der Waals surface area contributed by atoms with E-state index in [1.165, 1.54) is 11.3 Å². The number of rotatable bonds is 3. The fourth-order valence-corrected chi connectivity index (χ4v) is 4.22. The van der Waals surface area contributed by atoms with Crippen LogP contribution in [0.5, 0.6) is 0 Å². The van der Waals surface area contributed by atoms with Crippen LogP contribution in [0, 0.1) is 17.3 Å². The average Bonchev–Trinajstić information content (AvgIpc) is 3.00. The number of hydrogen-bond donors (Lipinski definition) is 1. The Balaban J connectivity index is 1.75. The molecule has 0 aromatic rings. The van der Waals surface area contributed by atoms with Crippen LogP contribution in [0.3, 0.4) is 0 Å². The molecule has 4 heteroatoms. The summed E-state index contributed by atoms with van der Waals surface area (Å²) in [5.41, 5.74) is -0.220. The molecule has 1 N–H and O–H groups in total. The number of carbonyl (C=O) groups is 2. The van der Waals surface area contributed by atoms with Crippen LogP contribution in [0.25, 0.3) is 0 Å². The molecule has 0 bridgehead atoms. The second kappa shape index (κ2) is 4.89. The number of aliphatic hydroxyl groups is 1. The molecule has 2 atom stereocenters. The van der Waals surface area contributed by atoms with Crippen LogP contribution in [-0.4, -0.2) is 35.0 Å². The highest BCUT2D eigenvalue weighted by molar-refractivity contribution is 6.05. The summed E-state index contributed by atoms with van der Waals surface area (Å²) >= 11 is 0. The minimum Gasteiger partial charge on any atom is -0.396 e. The number of nitrogens with zero attached hydrogens (tertiary/aromatic N) is 1. The number of fused-ring (bicyclic) bond motifs is 1. The third-order valence-electron chi connectivity index (χ3n) is 5.43. The standard InChI is InChI=1S/C15H23NO3/c17-10-15(7-2-1-3-8-15)9-16-13(18)11-5-4-6-12(11)14(16)19/h11-12,17H,1-10H2. The van der Waals surface area contributed by atoms with Crippen LogP contribution in [0.15, 0.2) is 0 Å². The normalized spacial score (nSPS) is 33.8. The van der Waals surface area contributed by atoms with Gasteiger partial charge in [-0.05, 0) is 25.7 Å². The van der Waals surface area contributed by atoms with E-state index >= 15 is 0 Å². The Labute approximate surface area is 114 Å².